The second-order valence-corrected chi connectivity index (χ2v) is 8.01. The maximum absolute atomic E-state index is 10.5. The lowest BCUT2D eigenvalue weighted by Crippen LogP contribution is -2.39. The number of halogens is 1. The lowest BCUT2D eigenvalue weighted by atomic mass is 10.1. The number of nitrogens with one attached hydrogen (secondary N) is 2. The highest BCUT2D eigenvalue weighted by molar-refractivity contribution is 14.0. The van der Waals surface area contributed by atoms with Crippen LogP contribution >= 0.6 is 24.0 Å². The van der Waals surface area contributed by atoms with Crippen molar-refractivity contribution in [2.45, 2.75) is 66.1 Å². The summed E-state index contributed by atoms with van der Waals surface area (Å²) in [6.07, 6.45) is -0.315. The van der Waals surface area contributed by atoms with Gasteiger partial charge in [-0.25, -0.2) is 4.99 Å². The molecule has 1 unspecified atom stereocenters. The number of guanidine groups is 1. The van der Waals surface area contributed by atoms with Crippen LogP contribution in [0.15, 0.2) is 53.5 Å². The summed E-state index contributed by atoms with van der Waals surface area (Å²) in [5, 5.41) is 17.0. The van der Waals surface area contributed by atoms with E-state index < -0.39 is 6.10 Å². The molecule has 0 fully saturated rings. The SMILES string of the molecule is CCNC(=NCc1cccc(COC(C)C)c1)NCC(O)c1ccc(OC(C)C)cc1.I. The Morgan fingerprint density at radius 3 is 2.28 bits per heavy atom. The summed E-state index contributed by atoms with van der Waals surface area (Å²) >= 11 is 0. The average molecular weight is 556 g/mol. The second-order valence-electron chi connectivity index (χ2n) is 8.01. The van der Waals surface area contributed by atoms with E-state index >= 15 is 0 Å². The molecule has 6 nitrogen and oxygen atoms in total. The van der Waals surface area contributed by atoms with Gasteiger partial charge >= 0.3 is 0 Å². The van der Waals surface area contributed by atoms with Gasteiger partial charge < -0.3 is 25.2 Å². The number of aliphatic hydroxyl groups is 1. The van der Waals surface area contributed by atoms with Crippen LogP contribution < -0.4 is 15.4 Å². The number of benzene rings is 2. The molecule has 2 aromatic carbocycles. The van der Waals surface area contributed by atoms with E-state index in [-0.39, 0.29) is 36.2 Å². The minimum Gasteiger partial charge on any atom is -0.491 e. The van der Waals surface area contributed by atoms with Gasteiger partial charge in [-0.3, -0.25) is 0 Å². The monoisotopic (exact) mass is 555 g/mol. The first-order chi connectivity index (χ1) is 14.9. The fourth-order valence-corrected chi connectivity index (χ4v) is 2.94. The van der Waals surface area contributed by atoms with Gasteiger partial charge in [-0.05, 0) is 63.4 Å². The largest absolute Gasteiger partial charge is 0.491 e. The molecule has 0 radical (unpaired) electrons. The van der Waals surface area contributed by atoms with Crippen molar-refractivity contribution in [3.05, 3.63) is 65.2 Å². The van der Waals surface area contributed by atoms with Gasteiger partial charge in [0, 0.05) is 13.1 Å². The Kier molecular flexibility index (Phi) is 13.3. The van der Waals surface area contributed by atoms with E-state index in [0.717, 1.165) is 29.0 Å². The van der Waals surface area contributed by atoms with Crippen LogP contribution in [-0.2, 0) is 17.9 Å². The molecular formula is C25H38IN3O3. The minimum absolute atomic E-state index is 0. The number of hydrogen-bond donors (Lipinski definition) is 3. The van der Waals surface area contributed by atoms with Crippen LogP contribution in [-0.4, -0.2) is 36.4 Å². The molecule has 0 amide bonds. The molecule has 0 bridgehead atoms. The zero-order valence-corrected chi connectivity index (χ0v) is 22.1. The van der Waals surface area contributed by atoms with Gasteiger partial charge in [0.1, 0.15) is 5.75 Å². The molecule has 0 heterocycles. The molecule has 0 aliphatic heterocycles. The zero-order valence-electron chi connectivity index (χ0n) is 19.8. The van der Waals surface area contributed by atoms with E-state index in [0.29, 0.717) is 25.7 Å². The summed E-state index contributed by atoms with van der Waals surface area (Å²) in [4.78, 5) is 4.65. The lowest BCUT2D eigenvalue weighted by molar-refractivity contribution is 0.0657. The summed E-state index contributed by atoms with van der Waals surface area (Å²) in [6.45, 7) is 12.3. The standard InChI is InChI=1S/C25H37N3O3.HI/c1-6-26-25(27-15-20-8-7-9-21(14-20)17-30-18(2)3)28-16-24(29)22-10-12-23(13-11-22)31-19(4)5;/h7-14,18-19,24,29H,6,15-17H2,1-5H3,(H2,26,27,28);1H. The molecule has 0 aliphatic rings. The van der Waals surface area contributed by atoms with Crippen molar-refractivity contribution in [3.63, 3.8) is 0 Å². The third-order valence-corrected chi connectivity index (χ3v) is 4.44. The van der Waals surface area contributed by atoms with E-state index in [1.54, 1.807) is 0 Å². The third kappa shape index (κ3) is 10.7. The van der Waals surface area contributed by atoms with Crippen LogP contribution in [0.1, 0.15) is 57.4 Å². The number of rotatable bonds is 11. The highest BCUT2D eigenvalue weighted by Gasteiger charge is 2.09. The molecule has 7 heteroatoms. The molecule has 0 saturated heterocycles. The van der Waals surface area contributed by atoms with Crippen LogP contribution in [0.4, 0.5) is 0 Å². The number of ether oxygens (including phenoxy) is 2. The molecule has 32 heavy (non-hydrogen) atoms. The maximum atomic E-state index is 10.5. The van der Waals surface area contributed by atoms with Gasteiger partial charge in [0.25, 0.3) is 0 Å². The van der Waals surface area contributed by atoms with Crippen molar-refractivity contribution in [3.8, 4) is 5.75 Å². The first-order valence-corrected chi connectivity index (χ1v) is 11.0. The van der Waals surface area contributed by atoms with E-state index in [2.05, 4.69) is 33.8 Å². The van der Waals surface area contributed by atoms with Crippen molar-refractivity contribution in [1.82, 2.24) is 10.6 Å². The summed E-state index contributed by atoms with van der Waals surface area (Å²) in [5.41, 5.74) is 3.08. The van der Waals surface area contributed by atoms with Crippen LogP contribution in [0.2, 0.25) is 0 Å². The maximum Gasteiger partial charge on any atom is 0.191 e. The molecule has 1 atom stereocenters. The van der Waals surface area contributed by atoms with Gasteiger partial charge in [0.05, 0.1) is 31.5 Å². The molecule has 0 spiro atoms. The lowest BCUT2D eigenvalue weighted by Gasteiger charge is -2.16. The summed E-state index contributed by atoms with van der Waals surface area (Å²) in [7, 11) is 0. The summed E-state index contributed by atoms with van der Waals surface area (Å²) in [5.74, 6) is 1.47. The molecular weight excluding hydrogens is 517 g/mol. The predicted molar refractivity (Wildman–Crippen MR) is 142 cm³/mol. The van der Waals surface area contributed by atoms with E-state index in [4.69, 9.17) is 9.47 Å². The van der Waals surface area contributed by atoms with E-state index in [9.17, 15) is 5.11 Å². The van der Waals surface area contributed by atoms with Crippen molar-refractivity contribution < 1.29 is 14.6 Å². The highest BCUT2D eigenvalue weighted by atomic mass is 127. The van der Waals surface area contributed by atoms with Crippen molar-refractivity contribution in [2.75, 3.05) is 13.1 Å². The molecule has 0 saturated carbocycles. The van der Waals surface area contributed by atoms with Gasteiger partial charge in [0.15, 0.2) is 5.96 Å². The second kappa shape index (κ2) is 15.1. The van der Waals surface area contributed by atoms with E-state index in [1.807, 2.05) is 65.0 Å². The molecule has 0 aliphatic carbocycles. The normalized spacial score (nSPS) is 12.4. The first-order valence-electron chi connectivity index (χ1n) is 11.0. The Bertz CT molecular complexity index is 810. The number of aliphatic imine (C=N–C) groups is 1. The predicted octanol–water partition coefficient (Wildman–Crippen LogP) is 4.81. The van der Waals surface area contributed by atoms with Gasteiger partial charge in [-0.15, -0.1) is 24.0 Å². The van der Waals surface area contributed by atoms with Crippen LogP contribution in [0, 0.1) is 0 Å². The van der Waals surface area contributed by atoms with Crippen LogP contribution in [0.5, 0.6) is 5.75 Å². The molecule has 178 valence electrons. The fourth-order valence-electron chi connectivity index (χ4n) is 2.94. The molecule has 0 aromatic heterocycles. The first kappa shape index (κ1) is 28.2. The Hall–Kier alpha value is -1.84. The van der Waals surface area contributed by atoms with Gasteiger partial charge in [0.2, 0.25) is 0 Å². The van der Waals surface area contributed by atoms with Crippen molar-refractivity contribution >= 4 is 29.9 Å². The van der Waals surface area contributed by atoms with E-state index in [1.165, 1.54) is 0 Å². The summed E-state index contributed by atoms with van der Waals surface area (Å²) in [6, 6.07) is 15.8. The Morgan fingerprint density at radius 1 is 0.969 bits per heavy atom. The number of nitrogens with zero attached hydrogens (tertiary/aromatic N) is 1. The Balaban J connectivity index is 0.00000512. The minimum atomic E-state index is -0.645. The molecule has 2 rings (SSSR count). The highest BCUT2D eigenvalue weighted by Crippen LogP contribution is 2.18. The topological polar surface area (TPSA) is 75.1 Å². The molecule has 3 N–H and O–H groups in total. The van der Waals surface area contributed by atoms with Crippen LogP contribution in [0.3, 0.4) is 0 Å². The zero-order chi connectivity index (χ0) is 22.6. The van der Waals surface area contributed by atoms with Crippen molar-refractivity contribution in [2.24, 2.45) is 4.99 Å². The Labute approximate surface area is 209 Å². The quantitative estimate of drug-likeness (QED) is 0.211. The van der Waals surface area contributed by atoms with Crippen molar-refractivity contribution in [1.29, 1.82) is 0 Å². The number of hydrogen-bond acceptors (Lipinski definition) is 4. The Morgan fingerprint density at radius 2 is 1.66 bits per heavy atom. The van der Waals surface area contributed by atoms with Gasteiger partial charge in [-0.2, -0.15) is 0 Å². The summed E-state index contributed by atoms with van der Waals surface area (Å²) < 4.78 is 11.3. The smallest absolute Gasteiger partial charge is 0.191 e. The van der Waals surface area contributed by atoms with Gasteiger partial charge in [-0.1, -0.05) is 36.4 Å². The van der Waals surface area contributed by atoms with Crippen LogP contribution in [0.25, 0.3) is 0 Å². The fraction of sp³-hybridized carbons (Fsp3) is 0.480. The molecule has 2 aromatic rings. The third-order valence-electron chi connectivity index (χ3n) is 4.44. The average Bonchev–Trinajstić information content (AvgIpc) is 2.74. The number of aliphatic hydroxyl groups excluding tert-OH is 1.